The Morgan fingerprint density at radius 1 is 1.00 bits per heavy atom. The van der Waals surface area contributed by atoms with Crippen LogP contribution in [-0.4, -0.2) is 46.2 Å². The fourth-order valence-corrected chi connectivity index (χ4v) is 3.97. The number of amides is 2. The first-order valence-corrected chi connectivity index (χ1v) is 11.9. The smallest absolute Gasteiger partial charge is 0.254 e. The average molecular weight is 503 g/mol. The minimum Gasteiger partial charge on any atom is -0.497 e. The summed E-state index contributed by atoms with van der Waals surface area (Å²) in [6, 6.07) is 25.4. The van der Waals surface area contributed by atoms with E-state index >= 15 is 0 Å². The van der Waals surface area contributed by atoms with E-state index in [1.807, 2.05) is 62.4 Å². The molecule has 4 rings (SSSR count). The lowest BCUT2D eigenvalue weighted by Gasteiger charge is -2.26. The number of hydrogen-bond acceptors (Lipinski definition) is 4. The zero-order chi connectivity index (χ0) is 25.7. The number of carbonyl (C=O) groups excluding carboxylic acids is 2. The highest BCUT2D eigenvalue weighted by atomic mass is 35.5. The molecule has 0 aliphatic carbocycles. The number of hydrogen-bond donors (Lipinski definition) is 1. The number of carbonyl (C=O) groups is 2. The van der Waals surface area contributed by atoms with Crippen molar-refractivity contribution in [1.82, 2.24) is 14.7 Å². The highest BCUT2D eigenvalue weighted by Gasteiger charge is 2.23. The summed E-state index contributed by atoms with van der Waals surface area (Å²) in [6.07, 6.45) is 0. The lowest BCUT2D eigenvalue weighted by atomic mass is 10.1. The molecule has 7 nitrogen and oxygen atoms in total. The van der Waals surface area contributed by atoms with Crippen molar-refractivity contribution in [3.63, 3.8) is 0 Å². The summed E-state index contributed by atoms with van der Waals surface area (Å²) < 4.78 is 6.78. The molecule has 1 N–H and O–H groups in total. The van der Waals surface area contributed by atoms with Crippen molar-refractivity contribution in [2.75, 3.05) is 19.0 Å². The molecule has 184 valence electrons. The summed E-state index contributed by atoms with van der Waals surface area (Å²) in [5, 5.41) is 8.12. The van der Waals surface area contributed by atoms with E-state index in [0.717, 1.165) is 5.56 Å². The van der Waals surface area contributed by atoms with Crippen molar-refractivity contribution in [2.45, 2.75) is 19.9 Å². The third-order valence-corrected chi connectivity index (χ3v) is 5.98. The summed E-state index contributed by atoms with van der Waals surface area (Å²) in [4.78, 5) is 27.9. The number of rotatable bonds is 8. The molecule has 0 fully saturated rings. The first-order valence-electron chi connectivity index (χ1n) is 11.5. The van der Waals surface area contributed by atoms with Gasteiger partial charge >= 0.3 is 0 Å². The van der Waals surface area contributed by atoms with Crippen LogP contribution in [0.1, 0.15) is 24.2 Å². The summed E-state index contributed by atoms with van der Waals surface area (Å²) in [7, 11) is 1.57. The third-order valence-electron chi connectivity index (χ3n) is 5.66. The molecule has 0 aliphatic rings. The molecule has 0 saturated heterocycles. The van der Waals surface area contributed by atoms with Gasteiger partial charge in [-0.25, -0.2) is 4.68 Å². The van der Waals surface area contributed by atoms with Crippen molar-refractivity contribution < 1.29 is 14.3 Å². The van der Waals surface area contributed by atoms with Crippen molar-refractivity contribution in [2.24, 2.45) is 0 Å². The van der Waals surface area contributed by atoms with Gasteiger partial charge in [0.2, 0.25) is 5.91 Å². The van der Waals surface area contributed by atoms with Gasteiger partial charge in [0.05, 0.1) is 23.5 Å². The van der Waals surface area contributed by atoms with Gasteiger partial charge < -0.3 is 15.0 Å². The number of nitrogens with zero attached hydrogens (tertiary/aromatic N) is 3. The van der Waals surface area contributed by atoms with Gasteiger partial charge in [-0.2, -0.15) is 5.10 Å². The SMILES string of the molecule is COc1ccc(C(=O)N(CC(=O)Nc2cc(-c3ccccc3)nn2-c2ccccc2Cl)C(C)C)cc1. The Morgan fingerprint density at radius 3 is 2.31 bits per heavy atom. The fourth-order valence-electron chi connectivity index (χ4n) is 3.75. The first-order chi connectivity index (χ1) is 17.4. The monoisotopic (exact) mass is 502 g/mol. The molecular formula is C28H27ClN4O3. The number of para-hydroxylation sites is 1. The molecule has 0 aliphatic heterocycles. The highest BCUT2D eigenvalue weighted by molar-refractivity contribution is 6.32. The summed E-state index contributed by atoms with van der Waals surface area (Å²) in [5.41, 5.74) is 2.69. The normalized spacial score (nSPS) is 10.8. The molecule has 3 aromatic carbocycles. The van der Waals surface area contributed by atoms with E-state index < -0.39 is 0 Å². The largest absolute Gasteiger partial charge is 0.497 e. The standard InChI is InChI=1S/C28H27ClN4O3/c1-19(2)32(28(35)21-13-15-22(36-3)16-14-21)18-27(34)30-26-17-24(20-9-5-4-6-10-20)31-33(26)25-12-8-7-11-23(25)29/h4-17,19H,18H2,1-3H3,(H,30,34). The number of aromatic nitrogens is 2. The van der Waals surface area contributed by atoms with E-state index in [4.69, 9.17) is 21.4 Å². The molecule has 4 aromatic rings. The van der Waals surface area contributed by atoms with Gasteiger partial charge in [0.15, 0.2) is 0 Å². The molecule has 0 saturated carbocycles. The first kappa shape index (κ1) is 25.0. The molecule has 0 spiro atoms. The summed E-state index contributed by atoms with van der Waals surface area (Å²) in [6.45, 7) is 3.61. The van der Waals surface area contributed by atoms with Gasteiger partial charge in [0.1, 0.15) is 18.1 Å². The van der Waals surface area contributed by atoms with Crippen LogP contribution in [0.4, 0.5) is 5.82 Å². The zero-order valence-electron chi connectivity index (χ0n) is 20.3. The van der Waals surface area contributed by atoms with E-state index in [1.54, 1.807) is 48.2 Å². The molecule has 8 heteroatoms. The van der Waals surface area contributed by atoms with Gasteiger partial charge in [-0.15, -0.1) is 0 Å². The Hall–Kier alpha value is -4.10. The van der Waals surface area contributed by atoms with Gasteiger partial charge in [-0.05, 0) is 50.2 Å². The summed E-state index contributed by atoms with van der Waals surface area (Å²) >= 11 is 6.44. The summed E-state index contributed by atoms with van der Waals surface area (Å²) in [5.74, 6) is 0.515. The number of halogens is 1. The second kappa shape index (κ2) is 11.1. The van der Waals surface area contributed by atoms with E-state index in [1.165, 1.54) is 4.90 Å². The van der Waals surface area contributed by atoms with Crippen molar-refractivity contribution in [3.05, 3.63) is 95.5 Å². The minimum atomic E-state index is -0.349. The Bertz CT molecular complexity index is 1350. The lowest BCUT2D eigenvalue weighted by molar-refractivity contribution is -0.117. The molecule has 1 heterocycles. The van der Waals surface area contributed by atoms with Gasteiger partial charge in [-0.1, -0.05) is 54.1 Å². The van der Waals surface area contributed by atoms with Gasteiger partial charge in [0, 0.05) is 23.2 Å². The Morgan fingerprint density at radius 2 is 1.67 bits per heavy atom. The maximum absolute atomic E-state index is 13.2. The predicted molar refractivity (Wildman–Crippen MR) is 142 cm³/mol. The third kappa shape index (κ3) is 5.58. The van der Waals surface area contributed by atoms with Crippen LogP contribution in [0.25, 0.3) is 16.9 Å². The Labute approximate surface area is 215 Å². The Kier molecular flexibility index (Phi) is 7.71. The molecule has 0 unspecified atom stereocenters. The number of anilines is 1. The molecule has 0 atom stereocenters. The van der Waals surface area contributed by atoms with Gasteiger partial charge in [0.25, 0.3) is 5.91 Å². The topological polar surface area (TPSA) is 76.5 Å². The maximum Gasteiger partial charge on any atom is 0.254 e. The van der Waals surface area contributed by atoms with Crippen LogP contribution < -0.4 is 10.1 Å². The van der Waals surface area contributed by atoms with E-state index in [2.05, 4.69) is 5.32 Å². The molecule has 36 heavy (non-hydrogen) atoms. The Balaban J connectivity index is 1.61. The van der Waals surface area contributed by atoms with Crippen LogP contribution in [0, 0.1) is 0 Å². The van der Waals surface area contributed by atoms with Crippen LogP contribution in [0.3, 0.4) is 0 Å². The molecule has 2 amide bonds. The molecular weight excluding hydrogens is 476 g/mol. The molecule has 0 radical (unpaired) electrons. The number of nitrogens with one attached hydrogen (secondary N) is 1. The van der Waals surface area contributed by atoms with Crippen molar-refractivity contribution >= 4 is 29.2 Å². The predicted octanol–water partition coefficient (Wildman–Crippen LogP) is 5.69. The van der Waals surface area contributed by atoms with Crippen LogP contribution in [0.2, 0.25) is 5.02 Å². The maximum atomic E-state index is 13.2. The van der Waals surface area contributed by atoms with Crippen molar-refractivity contribution in [3.8, 4) is 22.7 Å². The second-order valence-electron chi connectivity index (χ2n) is 8.45. The fraction of sp³-hybridized carbons (Fsp3) is 0.179. The number of methoxy groups -OCH3 is 1. The van der Waals surface area contributed by atoms with Crippen LogP contribution >= 0.6 is 11.6 Å². The van der Waals surface area contributed by atoms with E-state index in [9.17, 15) is 9.59 Å². The highest BCUT2D eigenvalue weighted by Crippen LogP contribution is 2.28. The zero-order valence-corrected chi connectivity index (χ0v) is 21.1. The number of ether oxygens (including phenoxy) is 1. The van der Waals surface area contributed by atoms with Gasteiger partial charge in [-0.3, -0.25) is 9.59 Å². The van der Waals surface area contributed by atoms with Crippen molar-refractivity contribution in [1.29, 1.82) is 0 Å². The second-order valence-corrected chi connectivity index (χ2v) is 8.85. The lowest BCUT2D eigenvalue weighted by Crippen LogP contribution is -2.42. The average Bonchev–Trinajstić information content (AvgIpc) is 3.31. The number of benzene rings is 3. The molecule has 0 bridgehead atoms. The van der Waals surface area contributed by atoms with Crippen LogP contribution in [0.5, 0.6) is 5.75 Å². The van der Waals surface area contributed by atoms with Crippen LogP contribution in [-0.2, 0) is 4.79 Å². The molecule has 1 aromatic heterocycles. The van der Waals surface area contributed by atoms with E-state index in [0.29, 0.717) is 33.5 Å². The van der Waals surface area contributed by atoms with E-state index in [-0.39, 0.29) is 24.4 Å². The minimum absolute atomic E-state index is 0.128. The van der Waals surface area contributed by atoms with Crippen LogP contribution in [0.15, 0.2) is 84.9 Å². The quantitative estimate of drug-likeness (QED) is 0.336.